The fraction of sp³-hybridized carbons (Fsp3) is 0.235. The van der Waals surface area contributed by atoms with E-state index in [0.29, 0.717) is 6.42 Å². The predicted molar refractivity (Wildman–Crippen MR) is 84.9 cm³/mol. The van der Waals surface area contributed by atoms with Crippen molar-refractivity contribution in [3.05, 3.63) is 65.7 Å². The third-order valence-corrected chi connectivity index (χ3v) is 5.04. The zero-order valence-electron chi connectivity index (χ0n) is 12.7. The lowest BCUT2D eigenvalue weighted by molar-refractivity contribution is -0.305. The summed E-state index contributed by atoms with van der Waals surface area (Å²) in [6.45, 7) is 1.78. The Hall–Kier alpha value is -2.18. The fourth-order valence-corrected chi connectivity index (χ4v) is 3.42. The van der Waals surface area contributed by atoms with Gasteiger partial charge in [0.2, 0.25) is 10.0 Å². The molecule has 122 valence electrons. The van der Waals surface area contributed by atoms with Crippen LogP contribution in [0.2, 0.25) is 0 Å². The first-order valence-corrected chi connectivity index (χ1v) is 8.73. The van der Waals surface area contributed by atoms with Crippen LogP contribution in [0.5, 0.6) is 0 Å². The lowest BCUT2D eigenvalue weighted by Gasteiger charge is -2.15. The van der Waals surface area contributed by atoms with E-state index in [0.717, 1.165) is 11.1 Å². The molecule has 0 fully saturated rings. The largest absolute Gasteiger partial charge is 0.550 e. The van der Waals surface area contributed by atoms with Crippen molar-refractivity contribution >= 4 is 16.0 Å². The van der Waals surface area contributed by atoms with Crippen LogP contribution in [0.4, 0.5) is 0 Å². The third-order valence-electron chi connectivity index (χ3n) is 3.48. The molecule has 6 heteroatoms. The van der Waals surface area contributed by atoms with E-state index in [-0.39, 0.29) is 17.4 Å². The molecular weight excluding hydrogens is 314 g/mol. The van der Waals surface area contributed by atoms with Gasteiger partial charge in [0.25, 0.3) is 0 Å². The minimum atomic E-state index is -3.63. The number of sulfonamides is 1. The van der Waals surface area contributed by atoms with Gasteiger partial charge in [0.15, 0.2) is 0 Å². The maximum atomic E-state index is 12.4. The van der Waals surface area contributed by atoms with E-state index in [4.69, 9.17) is 0 Å². The molecule has 2 rings (SSSR count). The normalized spacial score (nSPS) is 12.7. The van der Waals surface area contributed by atoms with Gasteiger partial charge in [-0.1, -0.05) is 42.5 Å². The number of rotatable bonds is 7. The number of carboxylic acid groups (broad SMARTS) is 1. The Kier molecular flexibility index (Phi) is 5.52. The van der Waals surface area contributed by atoms with Gasteiger partial charge in [-0.2, -0.15) is 0 Å². The predicted octanol–water partition coefficient (Wildman–Crippen LogP) is 1.41. The van der Waals surface area contributed by atoms with Crippen molar-refractivity contribution in [2.24, 2.45) is 0 Å². The molecule has 23 heavy (non-hydrogen) atoms. The molecule has 0 bridgehead atoms. The van der Waals surface area contributed by atoms with Crippen molar-refractivity contribution in [1.82, 2.24) is 4.72 Å². The summed E-state index contributed by atoms with van der Waals surface area (Å²) >= 11 is 0. The van der Waals surface area contributed by atoms with Gasteiger partial charge in [-0.15, -0.1) is 0 Å². The second-order valence-corrected chi connectivity index (χ2v) is 6.98. The third kappa shape index (κ3) is 4.91. The molecule has 0 aliphatic carbocycles. The van der Waals surface area contributed by atoms with Gasteiger partial charge < -0.3 is 9.90 Å². The molecule has 0 radical (unpaired) electrons. The number of carbonyl (C=O) groups excluding carboxylic acids is 1. The van der Waals surface area contributed by atoms with Crippen molar-refractivity contribution in [3.8, 4) is 0 Å². The first kappa shape index (κ1) is 17.2. The summed E-state index contributed by atoms with van der Waals surface area (Å²) < 4.78 is 27.4. The zero-order valence-corrected chi connectivity index (χ0v) is 13.5. The van der Waals surface area contributed by atoms with Gasteiger partial charge in [-0.3, -0.25) is 0 Å². The molecular formula is C17H18NO4S-. The molecule has 0 amide bonds. The number of carboxylic acids is 1. The number of aliphatic carboxylic acids is 1. The molecule has 1 atom stereocenters. The fourth-order valence-electron chi connectivity index (χ4n) is 2.19. The van der Waals surface area contributed by atoms with E-state index in [2.05, 4.69) is 4.72 Å². The van der Waals surface area contributed by atoms with E-state index >= 15 is 0 Å². The number of carbonyl (C=O) groups is 1. The summed E-state index contributed by atoms with van der Waals surface area (Å²) in [7, 11) is -3.63. The van der Waals surface area contributed by atoms with E-state index in [1.165, 1.54) is 12.1 Å². The molecule has 0 heterocycles. The molecule has 0 spiro atoms. The monoisotopic (exact) mass is 332 g/mol. The molecule has 2 aromatic carbocycles. The van der Waals surface area contributed by atoms with Gasteiger partial charge in [-0.05, 0) is 43.0 Å². The highest BCUT2D eigenvalue weighted by Gasteiger charge is 2.18. The van der Waals surface area contributed by atoms with E-state index in [1.807, 2.05) is 30.3 Å². The molecule has 0 saturated heterocycles. The van der Waals surface area contributed by atoms with Crippen molar-refractivity contribution in [1.29, 1.82) is 0 Å². The molecule has 0 aromatic heterocycles. The average molecular weight is 332 g/mol. The summed E-state index contributed by atoms with van der Waals surface area (Å²) in [4.78, 5) is 10.6. The zero-order chi connectivity index (χ0) is 16.9. The van der Waals surface area contributed by atoms with Crippen LogP contribution in [0.25, 0.3) is 0 Å². The van der Waals surface area contributed by atoms with E-state index in [9.17, 15) is 18.3 Å². The second-order valence-electron chi connectivity index (χ2n) is 5.27. The highest BCUT2D eigenvalue weighted by atomic mass is 32.2. The Bertz CT molecular complexity index is 755. The van der Waals surface area contributed by atoms with E-state index in [1.54, 1.807) is 19.1 Å². The molecule has 2 aromatic rings. The van der Waals surface area contributed by atoms with Crippen LogP contribution in [-0.4, -0.2) is 14.4 Å². The van der Waals surface area contributed by atoms with Crippen LogP contribution < -0.4 is 9.83 Å². The molecule has 0 unspecified atom stereocenters. The highest BCUT2D eigenvalue weighted by Crippen LogP contribution is 2.17. The number of hydrogen-bond acceptors (Lipinski definition) is 4. The van der Waals surface area contributed by atoms with Crippen LogP contribution in [0, 0.1) is 0 Å². The SMILES string of the molecule is C[C@@H](NS(=O)(=O)c1ccc(CCC(=O)[O-])cc1)c1ccccc1. The first-order chi connectivity index (χ1) is 10.9. The minimum Gasteiger partial charge on any atom is -0.550 e. The first-order valence-electron chi connectivity index (χ1n) is 7.24. The average Bonchev–Trinajstić information content (AvgIpc) is 2.53. The van der Waals surface area contributed by atoms with Crippen LogP contribution in [-0.2, 0) is 21.2 Å². The van der Waals surface area contributed by atoms with Crippen molar-refractivity contribution < 1.29 is 18.3 Å². The molecule has 0 aliphatic rings. The van der Waals surface area contributed by atoms with Crippen LogP contribution >= 0.6 is 0 Å². The van der Waals surface area contributed by atoms with Crippen LogP contribution in [0.3, 0.4) is 0 Å². The Labute approximate surface area is 136 Å². The summed E-state index contributed by atoms with van der Waals surface area (Å²) in [6, 6.07) is 15.1. The number of nitrogens with one attached hydrogen (secondary N) is 1. The van der Waals surface area contributed by atoms with Gasteiger partial charge in [0.05, 0.1) is 4.90 Å². The number of aryl methyl sites for hydroxylation is 1. The minimum absolute atomic E-state index is 0.0879. The van der Waals surface area contributed by atoms with Gasteiger partial charge >= 0.3 is 0 Å². The standard InChI is InChI=1S/C17H19NO4S/c1-13(15-5-3-2-4-6-15)18-23(21,22)16-10-7-14(8-11-16)9-12-17(19)20/h2-8,10-11,13,18H,9,12H2,1H3,(H,19,20)/p-1/t13-/m1/s1. The van der Waals surface area contributed by atoms with E-state index < -0.39 is 16.0 Å². The van der Waals surface area contributed by atoms with Gasteiger partial charge in [0, 0.05) is 12.0 Å². The number of benzene rings is 2. The smallest absolute Gasteiger partial charge is 0.241 e. The van der Waals surface area contributed by atoms with Crippen molar-refractivity contribution in [2.75, 3.05) is 0 Å². The Balaban J connectivity index is 2.08. The maximum Gasteiger partial charge on any atom is 0.241 e. The Morgan fingerprint density at radius 3 is 2.26 bits per heavy atom. The lowest BCUT2D eigenvalue weighted by Crippen LogP contribution is -2.26. The van der Waals surface area contributed by atoms with Gasteiger partial charge in [0.1, 0.15) is 0 Å². The molecule has 0 aliphatic heterocycles. The van der Waals surface area contributed by atoms with Crippen LogP contribution in [0.1, 0.15) is 30.5 Å². The quantitative estimate of drug-likeness (QED) is 0.830. The highest BCUT2D eigenvalue weighted by molar-refractivity contribution is 7.89. The summed E-state index contributed by atoms with van der Waals surface area (Å²) in [5.41, 5.74) is 1.63. The summed E-state index contributed by atoms with van der Waals surface area (Å²) in [5.74, 6) is -1.12. The summed E-state index contributed by atoms with van der Waals surface area (Å²) in [5, 5.41) is 10.4. The lowest BCUT2D eigenvalue weighted by atomic mass is 10.1. The summed E-state index contributed by atoms with van der Waals surface area (Å²) in [6.07, 6.45) is 0.228. The molecule has 1 N–H and O–H groups in total. The van der Waals surface area contributed by atoms with Gasteiger partial charge in [-0.25, -0.2) is 13.1 Å². The van der Waals surface area contributed by atoms with Crippen molar-refractivity contribution in [2.45, 2.75) is 30.7 Å². The maximum absolute atomic E-state index is 12.4. The topological polar surface area (TPSA) is 86.3 Å². The van der Waals surface area contributed by atoms with Crippen LogP contribution in [0.15, 0.2) is 59.5 Å². The number of hydrogen-bond donors (Lipinski definition) is 1. The molecule has 5 nitrogen and oxygen atoms in total. The second kappa shape index (κ2) is 7.39. The Morgan fingerprint density at radius 1 is 1.09 bits per heavy atom. The Morgan fingerprint density at radius 2 is 1.70 bits per heavy atom. The molecule has 0 saturated carbocycles. The van der Waals surface area contributed by atoms with Crippen molar-refractivity contribution in [3.63, 3.8) is 0 Å².